The van der Waals surface area contributed by atoms with Crippen molar-refractivity contribution in [3.05, 3.63) is 0 Å². The number of nitrogens with zero attached hydrogens (tertiary/aromatic N) is 1. The lowest BCUT2D eigenvalue weighted by Crippen LogP contribution is -2.45. The molecule has 6 heteroatoms. The third-order valence-electron chi connectivity index (χ3n) is 2.23. The van der Waals surface area contributed by atoms with Crippen LogP contribution < -0.4 is 0 Å². The number of rotatable bonds is 7. The lowest BCUT2D eigenvalue weighted by Gasteiger charge is -2.24. The molecule has 0 aliphatic heterocycles. The number of aliphatic hydroxyl groups is 1. The molecule has 2 N–H and O–H groups in total. The van der Waals surface area contributed by atoms with Crippen LogP contribution in [-0.2, 0) is 9.45 Å². The molecule has 94 valence electrons. The Labute approximate surface area is 97.5 Å². The van der Waals surface area contributed by atoms with Crippen LogP contribution in [0.2, 0.25) is 6.32 Å². The molecule has 2 atom stereocenters. The van der Waals surface area contributed by atoms with E-state index in [4.69, 9.17) is 4.65 Å². The molecule has 16 heavy (non-hydrogen) atoms. The van der Waals surface area contributed by atoms with Crippen molar-refractivity contribution in [1.82, 2.24) is 4.90 Å². The van der Waals surface area contributed by atoms with Crippen LogP contribution in [0.3, 0.4) is 0 Å². The fourth-order valence-corrected chi connectivity index (χ4v) is 1.25. The first-order chi connectivity index (χ1) is 7.40. The van der Waals surface area contributed by atoms with Crippen LogP contribution in [0.25, 0.3) is 0 Å². The average molecular weight is 231 g/mol. The summed E-state index contributed by atoms with van der Waals surface area (Å²) < 4.78 is 5.15. The fourth-order valence-electron chi connectivity index (χ4n) is 1.25. The molecule has 0 aliphatic rings. The Morgan fingerprint density at radius 2 is 2.06 bits per heavy atom. The smallest absolute Gasteiger partial charge is 0.427 e. The highest BCUT2D eigenvalue weighted by atomic mass is 16.5. The van der Waals surface area contributed by atoms with Crippen LogP contribution in [0.5, 0.6) is 0 Å². The molecular formula is C10H22BNO4. The zero-order chi connectivity index (χ0) is 12.7. The van der Waals surface area contributed by atoms with E-state index in [9.17, 15) is 14.9 Å². The quantitative estimate of drug-likeness (QED) is 0.610. The van der Waals surface area contributed by atoms with Crippen molar-refractivity contribution in [2.45, 2.75) is 45.2 Å². The Morgan fingerprint density at radius 1 is 1.50 bits per heavy atom. The number of carbonyl (C=O) groups is 1. The molecule has 0 aromatic rings. The summed E-state index contributed by atoms with van der Waals surface area (Å²) in [5.41, 5.74) is 0. The van der Waals surface area contributed by atoms with Gasteiger partial charge in [0.2, 0.25) is 0 Å². The van der Waals surface area contributed by atoms with E-state index in [-0.39, 0.29) is 5.91 Å². The zero-order valence-electron chi connectivity index (χ0n) is 10.5. The van der Waals surface area contributed by atoms with Gasteiger partial charge in [0, 0.05) is 14.1 Å². The first-order valence-corrected chi connectivity index (χ1v) is 5.62. The second-order valence-electron chi connectivity index (χ2n) is 4.13. The van der Waals surface area contributed by atoms with Gasteiger partial charge in [-0.15, -0.1) is 0 Å². The molecule has 2 unspecified atom stereocenters. The summed E-state index contributed by atoms with van der Waals surface area (Å²) in [7, 11) is 2.17. The SMILES string of the molecule is CCCCB(O)OC(C(=O)N(C)C)C(C)O. The van der Waals surface area contributed by atoms with Crippen molar-refractivity contribution in [3.63, 3.8) is 0 Å². The maximum Gasteiger partial charge on any atom is 0.454 e. The molecule has 0 fully saturated rings. The molecular weight excluding hydrogens is 209 g/mol. The summed E-state index contributed by atoms with van der Waals surface area (Å²) in [5.74, 6) is -0.342. The first kappa shape index (κ1) is 15.4. The number of amides is 1. The standard InChI is InChI=1S/C10H22BNO4/c1-5-6-7-11(15)16-9(8(2)13)10(14)12(3)4/h8-9,13,15H,5-7H2,1-4H3. The average Bonchev–Trinajstić information content (AvgIpc) is 2.21. The van der Waals surface area contributed by atoms with Crippen molar-refractivity contribution < 1.29 is 19.6 Å². The topological polar surface area (TPSA) is 70.0 Å². The molecule has 0 aromatic carbocycles. The molecule has 0 aliphatic carbocycles. The van der Waals surface area contributed by atoms with Gasteiger partial charge in [-0.3, -0.25) is 4.79 Å². The van der Waals surface area contributed by atoms with Crippen LogP contribution in [0.15, 0.2) is 0 Å². The number of likely N-dealkylation sites (N-methyl/N-ethyl adjacent to an activating group) is 1. The van der Waals surface area contributed by atoms with E-state index in [1.165, 1.54) is 11.8 Å². The second-order valence-corrected chi connectivity index (χ2v) is 4.13. The van der Waals surface area contributed by atoms with Gasteiger partial charge in [0.05, 0.1) is 6.10 Å². The van der Waals surface area contributed by atoms with Gasteiger partial charge in [-0.2, -0.15) is 0 Å². The lowest BCUT2D eigenvalue weighted by molar-refractivity contribution is -0.141. The van der Waals surface area contributed by atoms with Crippen molar-refractivity contribution in [1.29, 1.82) is 0 Å². The Kier molecular flexibility index (Phi) is 7.37. The van der Waals surface area contributed by atoms with Crippen molar-refractivity contribution in [2.24, 2.45) is 0 Å². The number of carbonyl (C=O) groups excluding carboxylic acids is 1. The maximum atomic E-state index is 11.6. The van der Waals surface area contributed by atoms with Crippen LogP contribution in [0, 0.1) is 0 Å². The van der Waals surface area contributed by atoms with Crippen molar-refractivity contribution >= 4 is 13.0 Å². The van der Waals surface area contributed by atoms with Crippen molar-refractivity contribution in [3.8, 4) is 0 Å². The predicted molar refractivity (Wildman–Crippen MR) is 62.9 cm³/mol. The van der Waals surface area contributed by atoms with Gasteiger partial charge < -0.3 is 19.7 Å². The number of hydrogen-bond acceptors (Lipinski definition) is 4. The van der Waals surface area contributed by atoms with Crippen LogP contribution in [0.1, 0.15) is 26.7 Å². The Balaban J connectivity index is 4.28. The molecule has 0 rings (SSSR count). The first-order valence-electron chi connectivity index (χ1n) is 5.62. The normalized spacial score (nSPS) is 14.4. The molecule has 0 saturated heterocycles. The van der Waals surface area contributed by atoms with Gasteiger partial charge in [-0.25, -0.2) is 0 Å². The van der Waals surface area contributed by atoms with Crippen molar-refractivity contribution in [2.75, 3.05) is 14.1 Å². The molecule has 1 amide bonds. The minimum Gasteiger partial charge on any atom is -0.427 e. The van der Waals surface area contributed by atoms with Gasteiger partial charge in [0.25, 0.3) is 5.91 Å². The number of unbranched alkanes of at least 4 members (excludes halogenated alkanes) is 1. The number of aliphatic hydroxyl groups excluding tert-OH is 1. The molecule has 0 aromatic heterocycles. The second kappa shape index (κ2) is 7.65. The van der Waals surface area contributed by atoms with Gasteiger partial charge in [-0.05, 0) is 13.2 Å². The monoisotopic (exact) mass is 231 g/mol. The predicted octanol–water partition coefficient (Wildman–Crippen LogP) is 0.121. The van der Waals surface area contributed by atoms with Gasteiger partial charge >= 0.3 is 7.12 Å². The summed E-state index contributed by atoms with van der Waals surface area (Å²) in [6.07, 6.45) is 0.305. The zero-order valence-corrected chi connectivity index (χ0v) is 10.5. The minimum atomic E-state index is -0.998. The maximum absolute atomic E-state index is 11.6. The molecule has 0 spiro atoms. The summed E-state index contributed by atoms with van der Waals surface area (Å²) in [6, 6.07) is 0. The highest BCUT2D eigenvalue weighted by molar-refractivity contribution is 6.43. The third kappa shape index (κ3) is 5.49. The Hall–Kier alpha value is -0.585. The third-order valence-corrected chi connectivity index (χ3v) is 2.23. The Bertz CT molecular complexity index is 211. The number of hydrogen-bond donors (Lipinski definition) is 2. The van der Waals surface area contributed by atoms with Crippen LogP contribution >= 0.6 is 0 Å². The van der Waals surface area contributed by atoms with Gasteiger partial charge in [0.15, 0.2) is 0 Å². The highest BCUT2D eigenvalue weighted by Gasteiger charge is 2.30. The van der Waals surface area contributed by atoms with Gasteiger partial charge in [-0.1, -0.05) is 19.8 Å². The minimum absolute atomic E-state index is 0.342. The summed E-state index contributed by atoms with van der Waals surface area (Å²) in [5, 5.41) is 18.9. The van der Waals surface area contributed by atoms with E-state index in [0.717, 1.165) is 12.8 Å². The summed E-state index contributed by atoms with van der Waals surface area (Å²) in [4.78, 5) is 13.0. The van der Waals surface area contributed by atoms with E-state index < -0.39 is 19.3 Å². The van der Waals surface area contributed by atoms with E-state index in [2.05, 4.69) is 0 Å². The Morgan fingerprint density at radius 3 is 2.44 bits per heavy atom. The van der Waals surface area contributed by atoms with E-state index in [1.54, 1.807) is 14.1 Å². The largest absolute Gasteiger partial charge is 0.454 e. The van der Waals surface area contributed by atoms with E-state index in [1.807, 2.05) is 6.92 Å². The summed E-state index contributed by atoms with van der Waals surface area (Å²) in [6.45, 7) is 3.47. The van der Waals surface area contributed by atoms with Crippen LogP contribution in [-0.4, -0.2) is 54.4 Å². The highest BCUT2D eigenvalue weighted by Crippen LogP contribution is 2.08. The molecule has 0 heterocycles. The fraction of sp³-hybridized carbons (Fsp3) is 0.900. The molecule has 0 bridgehead atoms. The van der Waals surface area contributed by atoms with Crippen LogP contribution in [0.4, 0.5) is 0 Å². The summed E-state index contributed by atoms with van der Waals surface area (Å²) >= 11 is 0. The van der Waals surface area contributed by atoms with E-state index in [0.29, 0.717) is 6.32 Å². The molecule has 0 radical (unpaired) electrons. The van der Waals surface area contributed by atoms with Gasteiger partial charge in [0.1, 0.15) is 6.10 Å². The molecule has 5 nitrogen and oxygen atoms in total. The van der Waals surface area contributed by atoms with E-state index >= 15 is 0 Å². The molecule has 0 saturated carbocycles. The lowest BCUT2D eigenvalue weighted by atomic mass is 9.82.